The number of rotatable bonds is 4. The Kier molecular flexibility index (Phi) is 4.58. The minimum absolute atomic E-state index is 0.00842. The van der Waals surface area contributed by atoms with Crippen molar-refractivity contribution in [1.29, 1.82) is 0 Å². The highest BCUT2D eigenvalue weighted by Crippen LogP contribution is 2.36. The summed E-state index contributed by atoms with van der Waals surface area (Å²) in [5.41, 5.74) is 1.48. The van der Waals surface area contributed by atoms with Crippen molar-refractivity contribution in [2.24, 2.45) is 7.05 Å². The van der Waals surface area contributed by atoms with Crippen molar-refractivity contribution in [3.63, 3.8) is 0 Å². The molecule has 146 valence electrons. The Hall–Kier alpha value is -2.88. The van der Waals surface area contributed by atoms with Gasteiger partial charge in [-0.1, -0.05) is 5.16 Å². The molecule has 4 rings (SSSR count). The third-order valence-electron chi connectivity index (χ3n) is 4.96. The van der Waals surface area contributed by atoms with Gasteiger partial charge in [0.15, 0.2) is 16.4 Å². The van der Waals surface area contributed by atoms with Crippen LogP contribution >= 0.6 is 12.2 Å². The molecule has 2 aromatic heterocycles. The summed E-state index contributed by atoms with van der Waals surface area (Å²) in [5.74, 6) is -3.98. The van der Waals surface area contributed by atoms with Gasteiger partial charge in [-0.25, -0.2) is 13.2 Å². The van der Waals surface area contributed by atoms with Gasteiger partial charge >= 0.3 is 0 Å². The second-order valence-corrected chi connectivity index (χ2v) is 7.01. The second kappa shape index (κ2) is 6.93. The first kappa shape index (κ1) is 18.5. The topological polar surface area (TPSA) is 65.0 Å². The number of carbonyl (C=O) groups excluding carboxylic acids is 1. The lowest BCUT2D eigenvalue weighted by atomic mass is 9.95. The summed E-state index contributed by atoms with van der Waals surface area (Å²) in [6, 6.07) is 1.69. The van der Waals surface area contributed by atoms with E-state index in [-0.39, 0.29) is 30.9 Å². The molecular formula is C18H15F3N4O2S. The van der Waals surface area contributed by atoms with E-state index < -0.39 is 23.4 Å². The molecule has 3 heterocycles. The van der Waals surface area contributed by atoms with Crippen LogP contribution in [-0.2, 0) is 31.2 Å². The molecule has 28 heavy (non-hydrogen) atoms. The normalized spacial score (nSPS) is 15.6. The molecular weight excluding hydrogens is 393 g/mol. The van der Waals surface area contributed by atoms with E-state index in [4.69, 9.17) is 12.2 Å². The lowest BCUT2D eigenvalue weighted by molar-refractivity contribution is -0.115. The number of benzene rings is 1. The van der Waals surface area contributed by atoms with Crippen molar-refractivity contribution in [1.82, 2.24) is 14.3 Å². The number of carbonyl (C=O) groups is 1. The van der Waals surface area contributed by atoms with E-state index in [0.29, 0.717) is 21.8 Å². The number of nitrogens with zero attached hydrogens (tertiary/aromatic N) is 3. The summed E-state index contributed by atoms with van der Waals surface area (Å²) in [5, 5.41) is 6.16. The van der Waals surface area contributed by atoms with Crippen LogP contribution in [0.25, 0.3) is 0 Å². The van der Waals surface area contributed by atoms with Gasteiger partial charge in [-0.15, -0.1) is 0 Å². The summed E-state index contributed by atoms with van der Waals surface area (Å²) < 4.78 is 50.5. The summed E-state index contributed by atoms with van der Waals surface area (Å²) in [4.78, 5) is 12.3. The molecule has 0 saturated carbocycles. The molecule has 1 unspecified atom stereocenters. The van der Waals surface area contributed by atoms with E-state index in [1.54, 1.807) is 16.2 Å². The standard InChI is InChI=1S/C18H15F3N4O2S/c1-24-13(5-15(26)23-10-6-22-27-8-10)14-4-9(7-25(14)18(24)28)16-11(19)2-3-12(20)17(16)21/h2-3,6,8-9H,4-5,7H2,1H3,(H,23,26). The van der Waals surface area contributed by atoms with Gasteiger partial charge in [-0.2, -0.15) is 0 Å². The highest BCUT2D eigenvalue weighted by atomic mass is 32.1. The van der Waals surface area contributed by atoms with Gasteiger partial charge in [0.25, 0.3) is 0 Å². The zero-order valence-electron chi connectivity index (χ0n) is 14.7. The molecule has 1 atom stereocenters. The van der Waals surface area contributed by atoms with Crippen LogP contribution in [0, 0.1) is 22.2 Å². The fourth-order valence-electron chi connectivity index (χ4n) is 3.65. The molecule has 3 aromatic rings. The molecule has 0 saturated heterocycles. The zero-order valence-corrected chi connectivity index (χ0v) is 15.5. The summed E-state index contributed by atoms with van der Waals surface area (Å²) in [6.45, 7) is 0.215. The maximum atomic E-state index is 14.2. The highest BCUT2D eigenvalue weighted by Gasteiger charge is 2.33. The van der Waals surface area contributed by atoms with Crippen molar-refractivity contribution in [3.8, 4) is 0 Å². The minimum Gasteiger partial charge on any atom is -0.363 e. The Morgan fingerprint density at radius 2 is 2.11 bits per heavy atom. The van der Waals surface area contributed by atoms with E-state index >= 15 is 0 Å². The Morgan fingerprint density at radius 1 is 1.36 bits per heavy atom. The van der Waals surface area contributed by atoms with E-state index in [2.05, 4.69) is 15.0 Å². The number of halogens is 3. The first-order valence-electron chi connectivity index (χ1n) is 8.46. The number of anilines is 1. The summed E-state index contributed by atoms with van der Waals surface area (Å²) in [6.07, 6.45) is 2.92. The molecule has 1 aliphatic rings. The number of hydrogen-bond donors (Lipinski definition) is 1. The molecule has 1 aliphatic heterocycles. The van der Waals surface area contributed by atoms with Crippen molar-refractivity contribution in [2.75, 3.05) is 5.32 Å². The predicted molar refractivity (Wildman–Crippen MR) is 95.8 cm³/mol. The fraction of sp³-hybridized carbons (Fsp3) is 0.278. The van der Waals surface area contributed by atoms with Crippen LogP contribution in [0.4, 0.5) is 18.9 Å². The molecule has 1 N–H and O–H groups in total. The third kappa shape index (κ3) is 3.03. The van der Waals surface area contributed by atoms with Crippen molar-refractivity contribution in [2.45, 2.75) is 25.3 Å². The number of nitrogens with one attached hydrogen (secondary N) is 1. The maximum absolute atomic E-state index is 14.2. The van der Waals surface area contributed by atoms with Crippen LogP contribution in [-0.4, -0.2) is 20.2 Å². The lowest BCUT2D eigenvalue weighted by Crippen LogP contribution is -2.17. The first-order chi connectivity index (χ1) is 13.4. The Balaban J connectivity index is 1.63. The minimum atomic E-state index is -1.18. The highest BCUT2D eigenvalue weighted by molar-refractivity contribution is 7.71. The molecule has 6 nitrogen and oxygen atoms in total. The summed E-state index contributed by atoms with van der Waals surface area (Å²) in [7, 11) is 1.73. The SMILES string of the molecule is Cn1c(CC(=O)Nc2cnoc2)c2n(c1=S)CC(c1c(F)ccc(F)c1F)C2. The summed E-state index contributed by atoms with van der Waals surface area (Å²) >= 11 is 5.41. The van der Waals surface area contributed by atoms with Crippen molar-refractivity contribution >= 4 is 23.8 Å². The molecule has 0 aliphatic carbocycles. The van der Waals surface area contributed by atoms with Crippen LogP contribution in [0.2, 0.25) is 0 Å². The Morgan fingerprint density at radius 3 is 2.82 bits per heavy atom. The number of imidazole rings is 1. The molecule has 0 spiro atoms. The van der Waals surface area contributed by atoms with Crippen LogP contribution in [0.1, 0.15) is 22.9 Å². The van der Waals surface area contributed by atoms with Crippen LogP contribution in [0.3, 0.4) is 0 Å². The molecule has 0 fully saturated rings. The quantitative estimate of drug-likeness (QED) is 0.530. The third-order valence-corrected chi connectivity index (χ3v) is 5.45. The van der Waals surface area contributed by atoms with Crippen LogP contribution < -0.4 is 5.32 Å². The van der Waals surface area contributed by atoms with Crippen LogP contribution in [0.15, 0.2) is 29.1 Å². The van der Waals surface area contributed by atoms with Crippen LogP contribution in [0.5, 0.6) is 0 Å². The number of aromatic nitrogens is 3. The van der Waals surface area contributed by atoms with E-state index in [9.17, 15) is 18.0 Å². The largest absolute Gasteiger partial charge is 0.363 e. The molecule has 0 radical (unpaired) electrons. The van der Waals surface area contributed by atoms with Gasteiger partial charge in [0.05, 0.1) is 12.6 Å². The average molecular weight is 408 g/mol. The Labute approximate surface area is 162 Å². The fourth-order valence-corrected chi connectivity index (χ4v) is 3.95. The van der Waals surface area contributed by atoms with Gasteiger partial charge in [0.1, 0.15) is 17.8 Å². The van der Waals surface area contributed by atoms with E-state index in [0.717, 1.165) is 12.1 Å². The monoisotopic (exact) mass is 408 g/mol. The van der Waals surface area contributed by atoms with Gasteiger partial charge in [-0.05, 0) is 30.8 Å². The van der Waals surface area contributed by atoms with Gasteiger partial charge in [0, 0.05) is 36.5 Å². The van der Waals surface area contributed by atoms with E-state index in [1.165, 1.54) is 12.5 Å². The van der Waals surface area contributed by atoms with Gasteiger partial charge in [-0.3, -0.25) is 4.79 Å². The molecule has 10 heteroatoms. The lowest BCUT2D eigenvalue weighted by Gasteiger charge is -2.13. The average Bonchev–Trinajstić information content (AvgIpc) is 3.35. The number of amides is 1. The number of hydrogen-bond acceptors (Lipinski definition) is 4. The second-order valence-electron chi connectivity index (χ2n) is 6.64. The smallest absolute Gasteiger partial charge is 0.230 e. The molecule has 1 amide bonds. The predicted octanol–water partition coefficient (Wildman–Crippen LogP) is 3.48. The number of fused-ring (bicyclic) bond motifs is 1. The van der Waals surface area contributed by atoms with Crippen molar-refractivity contribution in [3.05, 3.63) is 63.8 Å². The molecule has 1 aromatic carbocycles. The van der Waals surface area contributed by atoms with Crippen molar-refractivity contribution < 1.29 is 22.5 Å². The first-order valence-corrected chi connectivity index (χ1v) is 8.87. The Bertz CT molecular complexity index is 1120. The van der Waals surface area contributed by atoms with E-state index in [1.807, 2.05) is 0 Å². The zero-order chi connectivity index (χ0) is 20.0. The van der Waals surface area contributed by atoms with Gasteiger partial charge in [0.2, 0.25) is 5.91 Å². The van der Waals surface area contributed by atoms with Gasteiger partial charge < -0.3 is 19.0 Å². The maximum Gasteiger partial charge on any atom is 0.230 e. The molecule has 0 bridgehead atoms.